The van der Waals surface area contributed by atoms with E-state index in [2.05, 4.69) is 15.6 Å². The van der Waals surface area contributed by atoms with Gasteiger partial charge in [-0.15, -0.1) is 5.53 Å². The zero-order valence-electron chi connectivity index (χ0n) is 5.06. The fourth-order valence-electron chi connectivity index (χ4n) is 0.258. The molecule has 7 nitrogen and oxygen atoms in total. The maximum Gasteiger partial charge on any atom is 0.324 e. The summed E-state index contributed by atoms with van der Waals surface area (Å²) >= 11 is 0. The van der Waals surface area contributed by atoms with Crippen molar-refractivity contribution in [3.05, 3.63) is 10.4 Å². The number of nitrogens with zero attached hydrogens (tertiary/aromatic N) is 3. The molecule has 0 aromatic rings. The smallest absolute Gasteiger partial charge is 0.324 e. The molecule has 0 heterocycles. The molecule has 0 aromatic carbocycles. The van der Waals surface area contributed by atoms with Gasteiger partial charge < -0.3 is 10.8 Å². The predicted octanol–water partition coefficient (Wildman–Crippen LogP) is -0.787. The van der Waals surface area contributed by atoms with E-state index in [1.165, 1.54) is 0 Å². The van der Waals surface area contributed by atoms with Gasteiger partial charge in [-0.05, 0) is 5.22 Å². The van der Waals surface area contributed by atoms with Gasteiger partial charge in [-0.3, -0.25) is 10.2 Å². The standard InChI is InChI=1S/C3H7N5O2/c4-2(3(9)10)1-6-8-7-5/h2,6H,1,4H2,(H,9,10)/t2-/m0/s1. The minimum absolute atomic E-state index is 0.0700. The second kappa shape index (κ2) is 4.42. The van der Waals surface area contributed by atoms with Crippen LogP contribution in [0.4, 0.5) is 0 Å². The summed E-state index contributed by atoms with van der Waals surface area (Å²) in [5.74, 6) is -1.14. The van der Waals surface area contributed by atoms with Crippen LogP contribution in [-0.2, 0) is 4.79 Å². The third kappa shape index (κ3) is 3.53. The molecule has 0 aliphatic rings. The first-order valence-electron chi connectivity index (χ1n) is 2.44. The molecule has 56 valence electrons. The van der Waals surface area contributed by atoms with Crippen LogP contribution < -0.4 is 11.2 Å². The minimum Gasteiger partial charge on any atom is -0.480 e. The average Bonchev–Trinajstić information content (AvgIpc) is 1.88. The van der Waals surface area contributed by atoms with Crippen molar-refractivity contribution in [2.75, 3.05) is 6.54 Å². The number of carbonyl (C=O) groups is 1. The van der Waals surface area contributed by atoms with E-state index in [0.29, 0.717) is 0 Å². The van der Waals surface area contributed by atoms with Crippen LogP contribution >= 0.6 is 0 Å². The highest BCUT2D eigenvalue weighted by atomic mass is 16.4. The van der Waals surface area contributed by atoms with Crippen molar-refractivity contribution in [3.63, 3.8) is 0 Å². The minimum atomic E-state index is -1.14. The molecule has 0 aliphatic heterocycles. The highest BCUT2D eigenvalue weighted by molar-refractivity contribution is 5.73. The van der Waals surface area contributed by atoms with Crippen LogP contribution in [-0.4, -0.2) is 23.7 Å². The molecule has 0 amide bonds. The van der Waals surface area contributed by atoms with Gasteiger partial charge in [-0.1, -0.05) is 0 Å². The number of nitrogens with two attached hydrogens (primary N) is 1. The number of nitrogens with one attached hydrogen (secondary N) is 1. The van der Waals surface area contributed by atoms with Crippen molar-refractivity contribution >= 4 is 5.97 Å². The summed E-state index contributed by atoms with van der Waals surface area (Å²) < 4.78 is 0. The van der Waals surface area contributed by atoms with E-state index in [1.807, 2.05) is 0 Å². The van der Waals surface area contributed by atoms with E-state index >= 15 is 0 Å². The van der Waals surface area contributed by atoms with Gasteiger partial charge in [0.25, 0.3) is 0 Å². The molecule has 0 saturated carbocycles. The molecule has 0 rings (SSSR count). The third-order valence-corrected chi connectivity index (χ3v) is 0.744. The Hall–Kier alpha value is -1.46. The van der Waals surface area contributed by atoms with E-state index in [1.54, 1.807) is 0 Å². The monoisotopic (exact) mass is 145 g/mol. The summed E-state index contributed by atoms with van der Waals surface area (Å²) in [7, 11) is 0. The lowest BCUT2D eigenvalue weighted by Crippen LogP contribution is -2.38. The van der Waals surface area contributed by atoms with Crippen LogP contribution in [0.3, 0.4) is 0 Å². The largest absolute Gasteiger partial charge is 0.480 e. The number of carboxylic acid groups (broad SMARTS) is 1. The number of aliphatic carboxylic acids is 1. The average molecular weight is 145 g/mol. The zero-order chi connectivity index (χ0) is 7.98. The SMILES string of the molecule is [N-]=[N+]=NNC[C@H](N)C(=O)O. The van der Waals surface area contributed by atoms with Crippen LogP contribution in [0.1, 0.15) is 0 Å². The van der Waals surface area contributed by atoms with Crippen molar-refractivity contribution in [1.29, 1.82) is 0 Å². The lowest BCUT2D eigenvalue weighted by Gasteiger charge is -2.00. The highest BCUT2D eigenvalue weighted by Gasteiger charge is 2.10. The number of rotatable bonds is 4. The number of azide groups is 1. The van der Waals surface area contributed by atoms with Crippen LogP contribution in [0.15, 0.2) is 5.22 Å². The van der Waals surface area contributed by atoms with Gasteiger partial charge in [0.05, 0.1) is 0 Å². The molecule has 1 atom stereocenters. The van der Waals surface area contributed by atoms with E-state index in [9.17, 15) is 4.79 Å². The van der Waals surface area contributed by atoms with E-state index in [-0.39, 0.29) is 6.54 Å². The summed E-state index contributed by atoms with van der Waals surface area (Å²) in [4.78, 5) is 12.3. The van der Waals surface area contributed by atoms with E-state index < -0.39 is 12.0 Å². The molecule has 0 bridgehead atoms. The Balaban J connectivity index is 3.48. The quantitative estimate of drug-likeness (QED) is 0.207. The van der Waals surface area contributed by atoms with Gasteiger partial charge in [-0.25, -0.2) is 0 Å². The molecule has 0 unspecified atom stereocenters. The Morgan fingerprint density at radius 1 is 2.00 bits per heavy atom. The van der Waals surface area contributed by atoms with Crippen molar-refractivity contribution < 1.29 is 9.90 Å². The molecule has 7 heteroatoms. The Kier molecular flexibility index (Phi) is 3.78. The van der Waals surface area contributed by atoms with Crippen molar-refractivity contribution in [2.45, 2.75) is 6.04 Å². The summed E-state index contributed by atoms with van der Waals surface area (Å²) in [6, 6.07) is -1.04. The third-order valence-electron chi connectivity index (χ3n) is 0.744. The summed E-state index contributed by atoms with van der Waals surface area (Å²) in [6.07, 6.45) is 0. The maximum atomic E-state index is 9.99. The maximum absolute atomic E-state index is 9.99. The Morgan fingerprint density at radius 3 is 3.00 bits per heavy atom. The molecular formula is C3H7N5O2. The lowest BCUT2D eigenvalue weighted by molar-refractivity contribution is -0.138. The summed E-state index contributed by atoms with van der Waals surface area (Å²) in [5, 5.41) is 11.1. The Bertz CT molecular complexity index is 162. The zero-order valence-corrected chi connectivity index (χ0v) is 5.06. The second-order valence-corrected chi connectivity index (χ2v) is 1.50. The van der Waals surface area contributed by atoms with Gasteiger partial charge >= 0.3 is 5.97 Å². The lowest BCUT2D eigenvalue weighted by atomic mass is 10.3. The first kappa shape index (κ1) is 8.54. The van der Waals surface area contributed by atoms with Crippen molar-refractivity contribution in [3.8, 4) is 0 Å². The first-order chi connectivity index (χ1) is 4.68. The summed E-state index contributed by atoms with van der Waals surface area (Å²) in [5.41, 5.74) is 14.9. The van der Waals surface area contributed by atoms with E-state index in [0.717, 1.165) is 0 Å². The first-order valence-corrected chi connectivity index (χ1v) is 2.44. The van der Waals surface area contributed by atoms with Crippen LogP contribution in [0, 0.1) is 0 Å². The summed E-state index contributed by atoms with van der Waals surface area (Å²) in [6.45, 7) is -0.0700. The normalized spacial score (nSPS) is 11.3. The number of hydrogen-bond donors (Lipinski definition) is 3. The molecule has 10 heavy (non-hydrogen) atoms. The fourth-order valence-corrected chi connectivity index (χ4v) is 0.258. The van der Waals surface area contributed by atoms with Gasteiger partial charge in [-0.2, -0.15) is 4.91 Å². The van der Waals surface area contributed by atoms with Crippen LogP contribution in [0.2, 0.25) is 0 Å². The molecule has 0 aromatic heterocycles. The molecule has 0 aliphatic carbocycles. The number of carboxylic acids is 1. The molecular weight excluding hydrogens is 138 g/mol. The van der Waals surface area contributed by atoms with Gasteiger partial charge in [0.15, 0.2) is 0 Å². The van der Waals surface area contributed by atoms with Crippen molar-refractivity contribution in [1.82, 2.24) is 5.43 Å². The van der Waals surface area contributed by atoms with Crippen LogP contribution in [0.5, 0.6) is 0 Å². The topological polar surface area (TPSA) is 124 Å². The second-order valence-electron chi connectivity index (χ2n) is 1.50. The predicted molar refractivity (Wildman–Crippen MR) is 32.8 cm³/mol. The Labute approximate surface area is 56.4 Å². The van der Waals surface area contributed by atoms with Crippen LogP contribution in [0.25, 0.3) is 10.4 Å². The fraction of sp³-hybridized carbons (Fsp3) is 0.667. The number of hydrogen-bond acceptors (Lipinski definition) is 3. The molecule has 0 radical (unpaired) electrons. The van der Waals surface area contributed by atoms with E-state index in [4.69, 9.17) is 16.4 Å². The molecule has 0 saturated heterocycles. The molecule has 4 N–H and O–H groups in total. The van der Waals surface area contributed by atoms with Crippen molar-refractivity contribution in [2.24, 2.45) is 11.0 Å². The highest BCUT2D eigenvalue weighted by Crippen LogP contribution is 1.74. The Morgan fingerprint density at radius 2 is 2.60 bits per heavy atom. The van der Waals surface area contributed by atoms with Gasteiger partial charge in [0.2, 0.25) is 0 Å². The van der Waals surface area contributed by atoms with Gasteiger partial charge in [0.1, 0.15) is 12.6 Å². The molecule has 0 spiro atoms. The van der Waals surface area contributed by atoms with Gasteiger partial charge in [0, 0.05) is 0 Å². The molecule has 0 fully saturated rings.